The molecule has 1 fully saturated rings. The Morgan fingerprint density at radius 3 is 2.10 bits per heavy atom. The summed E-state index contributed by atoms with van der Waals surface area (Å²) in [6.07, 6.45) is 0. The van der Waals surface area contributed by atoms with Gasteiger partial charge < -0.3 is 9.80 Å². The van der Waals surface area contributed by atoms with E-state index in [1.54, 1.807) is 11.2 Å². The molecule has 1 heterocycles. The van der Waals surface area contributed by atoms with Gasteiger partial charge in [0.25, 0.3) is 0 Å². The molecule has 0 aromatic heterocycles. The molecule has 1 aliphatic rings. The summed E-state index contributed by atoms with van der Waals surface area (Å²) in [6.45, 7) is 9.63. The molecule has 1 saturated heterocycles. The summed E-state index contributed by atoms with van der Waals surface area (Å²) in [7, 11) is -3.43. The molecule has 0 N–H and O–H groups in total. The number of carbonyl (C=O) groups excluding carboxylic acids is 1. The number of hydrogen-bond donors (Lipinski definition) is 0. The second kappa shape index (κ2) is 10.3. The van der Waals surface area contributed by atoms with Crippen LogP contribution in [0, 0.1) is 5.92 Å². The van der Waals surface area contributed by atoms with Crippen LogP contribution in [0.15, 0.2) is 54.6 Å². The zero-order chi connectivity index (χ0) is 22.4. The molecule has 1 amide bonds. The second-order valence-corrected chi connectivity index (χ2v) is 10.6. The lowest BCUT2D eigenvalue weighted by molar-refractivity contribution is -0.129. The largest absolute Gasteiger partial charge is 0.368 e. The number of hydrogen-bond acceptors (Lipinski definition) is 4. The zero-order valence-corrected chi connectivity index (χ0v) is 19.5. The van der Waals surface area contributed by atoms with Gasteiger partial charge >= 0.3 is 0 Å². The Bertz CT molecular complexity index is 951. The van der Waals surface area contributed by atoms with Crippen LogP contribution in [0.5, 0.6) is 0 Å². The molecule has 31 heavy (non-hydrogen) atoms. The molecule has 3 rings (SSSR count). The maximum Gasteiger partial charge on any atom is 0.219 e. The lowest BCUT2D eigenvalue weighted by atomic mass is 10.1. The minimum atomic E-state index is -3.43. The van der Waals surface area contributed by atoms with Crippen molar-refractivity contribution in [3.63, 3.8) is 0 Å². The van der Waals surface area contributed by atoms with Crippen molar-refractivity contribution < 1.29 is 13.2 Å². The Labute approximate surface area is 186 Å². The smallest absolute Gasteiger partial charge is 0.219 e. The fourth-order valence-corrected chi connectivity index (χ4v) is 5.52. The van der Waals surface area contributed by atoms with Gasteiger partial charge in [0.15, 0.2) is 0 Å². The van der Waals surface area contributed by atoms with Crippen molar-refractivity contribution in [3.05, 3.63) is 65.7 Å². The molecule has 168 valence electrons. The highest BCUT2D eigenvalue weighted by molar-refractivity contribution is 7.88. The van der Waals surface area contributed by atoms with Gasteiger partial charge in [-0.05, 0) is 29.2 Å². The van der Waals surface area contributed by atoms with Gasteiger partial charge in [0.2, 0.25) is 15.9 Å². The van der Waals surface area contributed by atoms with E-state index in [2.05, 4.69) is 17.0 Å². The minimum Gasteiger partial charge on any atom is -0.368 e. The Morgan fingerprint density at radius 1 is 0.935 bits per heavy atom. The van der Waals surface area contributed by atoms with E-state index < -0.39 is 10.0 Å². The molecular weight excluding hydrogens is 410 g/mol. The first-order valence-electron chi connectivity index (χ1n) is 10.9. The van der Waals surface area contributed by atoms with Gasteiger partial charge in [0.05, 0.1) is 5.75 Å². The first-order chi connectivity index (χ1) is 14.7. The van der Waals surface area contributed by atoms with Crippen LogP contribution in [-0.2, 0) is 27.1 Å². The van der Waals surface area contributed by atoms with Gasteiger partial charge in [-0.1, -0.05) is 56.3 Å². The van der Waals surface area contributed by atoms with Crippen LogP contribution in [0.4, 0.5) is 5.69 Å². The summed E-state index contributed by atoms with van der Waals surface area (Å²) in [4.78, 5) is 15.6. The van der Waals surface area contributed by atoms with Crippen molar-refractivity contribution in [1.82, 2.24) is 9.21 Å². The summed E-state index contributed by atoms with van der Waals surface area (Å²) in [5, 5.41) is 0. The molecule has 1 aliphatic heterocycles. The van der Waals surface area contributed by atoms with Crippen molar-refractivity contribution >= 4 is 21.6 Å². The fourth-order valence-electron chi connectivity index (χ4n) is 3.86. The highest BCUT2D eigenvalue weighted by atomic mass is 32.2. The molecule has 2 aromatic carbocycles. The second-order valence-electron chi connectivity index (χ2n) is 8.59. The summed E-state index contributed by atoms with van der Waals surface area (Å²) in [6, 6.07) is 17.5. The quantitative estimate of drug-likeness (QED) is 0.628. The van der Waals surface area contributed by atoms with Gasteiger partial charge in [-0.15, -0.1) is 0 Å². The van der Waals surface area contributed by atoms with E-state index in [0.717, 1.165) is 43.0 Å². The van der Waals surface area contributed by atoms with E-state index >= 15 is 0 Å². The highest BCUT2D eigenvalue weighted by Crippen LogP contribution is 2.21. The number of rotatable bonds is 8. The van der Waals surface area contributed by atoms with Crippen molar-refractivity contribution in [2.24, 2.45) is 5.92 Å². The van der Waals surface area contributed by atoms with Gasteiger partial charge in [-0.2, -0.15) is 4.31 Å². The average Bonchev–Trinajstić information content (AvgIpc) is 2.74. The van der Waals surface area contributed by atoms with E-state index in [0.29, 0.717) is 13.1 Å². The molecule has 0 bridgehead atoms. The first kappa shape index (κ1) is 23.3. The summed E-state index contributed by atoms with van der Waals surface area (Å²) in [5.41, 5.74) is 2.88. The number of anilines is 1. The van der Waals surface area contributed by atoms with Crippen molar-refractivity contribution in [2.75, 3.05) is 37.6 Å². The predicted molar refractivity (Wildman–Crippen MR) is 125 cm³/mol. The van der Waals surface area contributed by atoms with E-state index in [4.69, 9.17) is 0 Å². The van der Waals surface area contributed by atoms with Crippen LogP contribution < -0.4 is 4.90 Å². The lowest BCUT2D eigenvalue weighted by Gasteiger charge is -2.35. The van der Waals surface area contributed by atoms with Crippen molar-refractivity contribution in [1.29, 1.82) is 0 Å². The van der Waals surface area contributed by atoms with Crippen molar-refractivity contribution in [2.45, 2.75) is 33.1 Å². The third kappa shape index (κ3) is 6.55. The maximum atomic E-state index is 13.1. The third-order valence-electron chi connectivity index (χ3n) is 5.54. The molecule has 0 aliphatic carbocycles. The van der Waals surface area contributed by atoms with E-state index in [-0.39, 0.29) is 17.6 Å². The van der Waals surface area contributed by atoms with E-state index in [1.165, 1.54) is 0 Å². The molecule has 0 saturated carbocycles. The zero-order valence-electron chi connectivity index (χ0n) is 18.7. The Balaban J connectivity index is 1.68. The average molecular weight is 444 g/mol. The SMILES string of the molecule is CC(=O)N1CCN(c2ccc(CN(CC(C)C)S(=O)(=O)Cc3ccccc3)cc2)CC1. The van der Waals surface area contributed by atoms with Crippen LogP contribution in [-0.4, -0.2) is 56.3 Å². The minimum absolute atomic E-state index is 0.0130. The number of benzene rings is 2. The van der Waals surface area contributed by atoms with E-state index in [1.807, 2.05) is 61.2 Å². The van der Waals surface area contributed by atoms with Crippen LogP contribution in [0.25, 0.3) is 0 Å². The summed E-state index contributed by atoms with van der Waals surface area (Å²) < 4.78 is 27.9. The Morgan fingerprint density at radius 2 is 1.55 bits per heavy atom. The molecule has 0 unspecified atom stereocenters. The van der Waals surface area contributed by atoms with Crippen LogP contribution in [0.2, 0.25) is 0 Å². The number of sulfonamides is 1. The first-order valence-corrected chi connectivity index (χ1v) is 12.5. The van der Waals surface area contributed by atoms with Gasteiger partial charge in [0.1, 0.15) is 0 Å². The number of amides is 1. The third-order valence-corrected chi connectivity index (χ3v) is 7.30. The van der Waals surface area contributed by atoms with Crippen LogP contribution >= 0.6 is 0 Å². The normalized spacial score (nSPS) is 15.0. The van der Waals surface area contributed by atoms with Gasteiger partial charge in [0, 0.05) is 51.9 Å². The monoisotopic (exact) mass is 443 g/mol. The summed E-state index contributed by atoms with van der Waals surface area (Å²) in [5.74, 6) is 0.373. The number of nitrogens with zero attached hydrogens (tertiary/aromatic N) is 3. The number of carbonyl (C=O) groups is 1. The molecule has 0 atom stereocenters. The summed E-state index contributed by atoms with van der Waals surface area (Å²) >= 11 is 0. The fraction of sp³-hybridized carbons (Fsp3) is 0.458. The van der Waals surface area contributed by atoms with Gasteiger partial charge in [-0.25, -0.2) is 8.42 Å². The number of piperazine rings is 1. The van der Waals surface area contributed by atoms with E-state index in [9.17, 15) is 13.2 Å². The van der Waals surface area contributed by atoms with Crippen LogP contribution in [0.1, 0.15) is 31.9 Å². The Kier molecular flexibility index (Phi) is 7.73. The molecule has 2 aromatic rings. The standard InChI is InChI=1S/C24H33N3O3S/c1-20(2)17-27(31(29,30)19-23-7-5-4-6-8-23)18-22-9-11-24(12-10-22)26-15-13-25(14-16-26)21(3)28/h4-12,20H,13-19H2,1-3H3. The molecule has 6 nitrogen and oxygen atoms in total. The topological polar surface area (TPSA) is 60.9 Å². The highest BCUT2D eigenvalue weighted by Gasteiger charge is 2.24. The van der Waals surface area contributed by atoms with Crippen molar-refractivity contribution in [3.8, 4) is 0 Å². The predicted octanol–water partition coefficient (Wildman–Crippen LogP) is 3.34. The van der Waals surface area contributed by atoms with Crippen LogP contribution in [0.3, 0.4) is 0 Å². The maximum absolute atomic E-state index is 13.1. The lowest BCUT2D eigenvalue weighted by Crippen LogP contribution is -2.48. The molecule has 7 heteroatoms. The van der Waals surface area contributed by atoms with Gasteiger partial charge in [-0.3, -0.25) is 4.79 Å². The Hall–Kier alpha value is -2.38. The molecule has 0 spiro atoms. The molecular formula is C24H33N3O3S. The molecule has 0 radical (unpaired) electrons.